The minimum atomic E-state index is 0.231. The lowest BCUT2D eigenvalue weighted by molar-refractivity contribution is 0.422. The normalized spacial score (nSPS) is 18.1. The highest BCUT2D eigenvalue weighted by atomic mass is 32.2. The van der Waals surface area contributed by atoms with Gasteiger partial charge in [-0.3, -0.25) is 5.41 Å². The molecule has 0 spiro atoms. The van der Waals surface area contributed by atoms with E-state index in [1.807, 2.05) is 4.68 Å². The Labute approximate surface area is 111 Å². The van der Waals surface area contributed by atoms with Crippen molar-refractivity contribution in [2.45, 2.75) is 61.9 Å². The van der Waals surface area contributed by atoms with E-state index in [-0.39, 0.29) is 11.1 Å². The topological polar surface area (TPSA) is 93.5 Å². The molecule has 7 heteroatoms. The van der Waals surface area contributed by atoms with Gasteiger partial charge in [0, 0.05) is 11.7 Å². The fourth-order valence-corrected chi connectivity index (χ4v) is 3.41. The Hall–Kier alpha value is -1.11. The van der Waals surface area contributed by atoms with E-state index in [2.05, 4.69) is 22.4 Å². The van der Waals surface area contributed by atoms with Crippen LogP contribution in [0.3, 0.4) is 0 Å². The van der Waals surface area contributed by atoms with Crippen molar-refractivity contribution >= 4 is 17.6 Å². The molecule has 1 aliphatic carbocycles. The molecule has 6 nitrogen and oxygen atoms in total. The molecule has 1 atom stereocenters. The molecule has 100 valence electrons. The zero-order valence-electron chi connectivity index (χ0n) is 10.7. The van der Waals surface area contributed by atoms with Crippen molar-refractivity contribution in [3.8, 4) is 0 Å². The number of nitrogens with zero attached hydrogens (tertiary/aromatic N) is 4. The summed E-state index contributed by atoms with van der Waals surface area (Å²) in [6.45, 7) is 2.10. The van der Waals surface area contributed by atoms with Gasteiger partial charge in [0.15, 0.2) is 0 Å². The van der Waals surface area contributed by atoms with Crippen molar-refractivity contribution in [2.75, 3.05) is 0 Å². The second kappa shape index (κ2) is 6.17. The molecule has 1 aliphatic rings. The molecule has 0 bridgehead atoms. The third-order valence-corrected chi connectivity index (χ3v) is 4.62. The number of nitrogens with one attached hydrogen (secondary N) is 1. The molecule has 1 fully saturated rings. The van der Waals surface area contributed by atoms with Gasteiger partial charge in [-0.15, -0.1) is 5.10 Å². The highest BCUT2D eigenvalue weighted by molar-refractivity contribution is 7.99. The van der Waals surface area contributed by atoms with Crippen LogP contribution in [0, 0.1) is 5.41 Å². The molecule has 0 saturated heterocycles. The standard InChI is InChI=1S/C11H20N6S/c1-2-9(7-10(12)13)18-11-14-15-16-17(11)8-5-3-4-6-8/h8-9H,2-7H2,1H3,(H3,12,13). The van der Waals surface area contributed by atoms with Gasteiger partial charge in [-0.05, 0) is 29.7 Å². The molecule has 0 aliphatic heterocycles. The second-order valence-electron chi connectivity index (χ2n) is 4.72. The number of tetrazole rings is 1. The van der Waals surface area contributed by atoms with Gasteiger partial charge < -0.3 is 5.73 Å². The van der Waals surface area contributed by atoms with E-state index in [1.165, 1.54) is 25.7 Å². The number of thioether (sulfide) groups is 1. The first kappa shape index (κ1) is 13.3. The molecule has 0 aromatic carbocycles. The number of amidine groups is 1. The van der Waals surface area contributed by atoms with Crippen LogP contribution in [0.25, 0.3) is 0 Å². The summed E-state index contributed by atoms with van der Waals surface area (Å²) in [4.78, 5) is 0. The van der Waals surface area contributed by atoms with E-state index in [1.54, 1.807) is 11.8 Å². The van der Waals surface area contributed by atoms with Gasteiger partial charge in [-0.1, -0.05) is 31.5 Å². The molecular weight excluding hydrogens is 248 g/mol. The van der Waals surface area contributed by atoms with Crippen LogP contribution in [0.5, 0.6) is 0 Å². The first-order valence-electron chi connectivity index (χ1n) is 6.48. The smallest absolute Gasteiger partial charge is 0.209 e. The third kappa shape index (κ3) is 3.22. The number of hydrogen-bond acceptors (Lipinski definition) is 5. The summed E-state index contributed by atoms with van der Waals surface area (Å²) in [5, 5.41) is 20.6. The summed E-state index contributed by atoms with van der Waals surface area (Å²) in [5.41, 5.74) is 5.47. The number of nitrogens with two attached hydrogens (primary N) is 1. The molecule has 0 radical (unpaired) electrons. The summed E-state index contributed by atoms with van der Waals surface area (Å²) in [7, 11) is 0. The zero-order chi connectivity index (χ0) is 13.0. The molecule has 18 heavy (non-hydrogen) atoms. The lowest BCUT2D eigenvalue weighted by atomic mass is 10.2. The van der Waals surface area contributed by atoms with Gasteiger partial charge in [0.05, 0.1) is 11.9 Å². The van der Waals surface area contributed by atoms with Crippen molar-refractivity contribution in [3.63, 3.8) is 0 Å². The number of hydrogen-bond donors (Lipinski definition) is 2. The maximum absolute atomic E-state index is 7.38. The van der Waals surface area contributed by atoms with E-state index < -0.39 is 0 Å². The van der Waals surface area contributed by atoms with Crippen molar-refractivity contribution in [1.29, 1.82) is 5.41 Å². The highest BCUT2D eigenvalue weighted by Gasteiger charge is 2.23. The quantitative estimate of drug-likeness (QED) is 0.467. The minimum absolute atomic E-state index is 0.231. The van der Waals surface area contributed by atoms with Crippen LogP contribution in [0.4, 0.5) is 0 Å². The zero-order valence-corrected chi connectivity index (χ0v) is 11.5. The van der Waals surface area contributed by atoms with Crippen molar-refractivity contribution < 1.29 is 0 Å². The fraction of sp³-hybridized carbons (Fsp3) is 0.818. The number of rotatable bonds is 6. The van der Waals surface area contributed by atoms with Crippen molar-refractivity contribution in [3.05, 3.63) is 0 Å². The Balaban J connectivity index is 2.03. The summed E-state index contributed by atoms with van der Waals surface area (Å²) >= 11 is 1.64. The monoisotopic (exact) mass is 268 g/mol. The molecule has 2 rings (SSSR count). The molecule has 1 unspecified atom stereocenters. The second-order valence-corrected chi connectivity index (χ2v) is 5.99. The Bertz CT molecular complexity index is 398. The van der Waals surface area contributed by atoms with Crippen LogP contribution in [0.1, 0.15) is 51.5 Å². The van der Waals surface area contributed by atoms with Gasteiger partial charge in [-0.25, -0.2) is 4.68 Å². The predicted molar refractivity (Wildman–Crippen MR) is 71.8 cm³/mol. The molecule has 1 aromatic heterocycles. The van der Waals surface area contributed by atoms with Gasteiger partial charge in [0.1, 0.15) is 0 Å². The highest BCUT2D eigenvalue weighted by Crippen LogP contribution is 2.33. The van der Waals surface area contributed by atoms with Gasteiger partial charge in [0.2, 0.25) is 5.16 Å². The largest absolute Gasteiger partial charge is 0.388 e. The van der Waals surface area contributed by atoms with Crippen molar-refractivity contribution in [2.24, 2.45) is 5.73 Å². The molecule has 1 aromatic rings. The molecule has 3 N–H and O–H groups in total. The molecule has 0 amide bonds. The fourth-order valence-electron chi connectivity index (χ4n) is 2.30. The van der Waals surface area contributed by atoms with Crippen LogP contribution in [0.15, 0.2) is 5.16 Å². The van der Waals surface area contributed by atoms with Gasteiger partial charge in [-0.2, -0.15) is 0 Å². The predicted octanol–water partition coefficient (Wildman–Crippen LogP) is 1.98. The maximum atomic E-state index is 7.38. The Morgan fingerprint density at radius 2 is 2.28 bits per heavy atom. The average Bonchev–Trinajstić information content (AvgIpc) is 2.96. The SMILES string of the molecule is CCC(CC(=N)N)Sc1nnnn1C1CCCC1. The van der Waals surface area contributed by atoms with Crippen LogP contribution in [-0.4, -0.2) is 31.3 Å². The first-order valence-corrected chi connectivity index (χ1v) is 7.36. The summed E-state index contributed by atoms with van der Waals surface area (Å²) in [5.74, 6) is 0.231. The van der Waals surface area contributed by atoms with E-state index in [4.69, 9.17) is 11.1 Å². The molecule has 1 heterocycles. The van der Waals surface area contributed by atoms with Crippen LogP contribution in [0.2, 0.25) is 0 Å². The minimum Gasteiger partial charge on any atom is -0.388 e. The van der Waals surface area contributed by atoms with Crippen molar-refractivity contribution in [1.82, 2.24) is 20.2 Å². The lowest BCUT2D eigenvalue weighted by Crippen LogP contribution is -2.18. The van der Waals surface area contributed by atoms with Crippen LogP contribution >= 0.6 is 11.8 Å². The van der Waals surface area contributed by atoms with Gasteiger partial charge >= 0.3 is 0 Å². The van der Waals surface area contributed by atoms with Crippen LogP contribution < -0.4 is 5.73 Å². The van der Waals surface area contributed by atoms with Crippen LogP contribution in [-0.2, 0) is 0 Å². The maximum Gasteiger partial charge on any atom is 0.209 e. The summed E-state index contributed by atoms with van der Waals surface area (Å²) in [6.07, 6.45) is 6.42. The number of aromatic nitrogens is 4. The lowest BCUT2D eigenvalue weighted by Gasteiger charge is -2.15. The third-order valence-electron chi connectivity index (χ3n) is 3.31. The Kier molecular flexibility index (Phi) is 4.57. The van der Waals surface area contributed by atoms with E-state index >= 15 is 0 Å². The van der Waals surface area contributed by atoms with Gasteiger partial charge in [0.25, 0.3) is 0 Å². The van der Waals surface area contributed by atoms with E-state index in [0.717, 1.165) is 11.6 Å². The summed E-state index contributed by atoms with van der Waals surface area (Å²) in [6, 6.07) is 0.456. The first-order chi connectivity index (χ1) is 8.70. The molecular formula is C11H20N6S. The Morgan fingerprint density at radius 3 is 2.89 bits per heavy atom. The Morgan fingerprint density at radius 1 is 1.56 bits per heavy atom. The average molecular weight is 268 g/mol. The molecule has 1 saturated carbocycles. The van der Waals surface area contributed by atoms with E-state index in [9.17, 15) is 0 Å². The van der Waals surface area contributed by atoms with E-state index in [0.29, 0.717) is 12.5 Å². The summed E-state index contributed by atoms with van der Waals surface area (Å²) < 4.78 is 1.96.